The summed E-state index contributed by atoms with van der Waals surface area (Å²) in [7, 11) is 0. The Bertz CT molecular complexity index is 604. The van der Waals surface area contributed by atoms with E-state index in [4.69, 9.17) is 5.73 Å². The lowest BCUT2D eigenvalue weighted by Gasteiger charge is -2.15. The van der Waals surface area contributed by atoms with Crippen molar-refractivity contribution < 1.29 is 22.0 Å². The molecule has 2 rings (SSSR count). The van der Waals surface area contributed by atoms with Gasteiger partial charge >= 0.3 is 6.18 Å². The van der Waals surface area contributed by atoms with Gasteiger partial charge in [-0.15, -0.1) is 0 Å². The van der Waals surface area contributed by atoms with Crippen molar-refractivity contribution in [1.29, 1.82) is 0 Å². The molecule has 1 nitrogen and oxygen atoms in total. The molecule has 0 saturated heterocycles. The zero-order valence-corrected chi connectivity index (χ0v) is 10.1. The Morgan fingerprint density at radius 1 is 0.800 bits per heavy atom. The van der Waals surface area contributed by atoms with E-state index in [0.717, 1.165) is 24.3 Å². The third kappa shape index (κ3) is 3.14. The molecule has 20 heavy (non-hydrogen) atoms. The van der Waals surface area contributed by atoms with Crippen LogP contribution in [0.2, 0.25) is 0 Å². The van der Waals surface area contributed by atoms with Crippen molar-refractivity contribution in [3.05, 3.63) is 70.8 Å². The van der Waals surface area contributed by atoms with Crippen LogP contribution < -0.4 is 5.73 Å². The molecule has 6 heteroatoms. The first kappa shape index (κ1) is 14.5. The summed E-state index contributed by atoms with van der Waals surface area (Å²) in [5, 5.41) is 0. The predicted molar refractivity (Wildman–Crippen MR) is 63.8 cm³/mol. The van der Waals surface area contributed by atoms with Gasteiger partial charge in [0.05, 0.1) is 11.6 Å². The van der Waals surface area contributed by atoms with Gasteiger partial charge in [0.15, 0.2) is 0 Å². The van der Waals surface area contributed by atoms with E-state index in [1.165, 1.54) is 12.1 Å². The molecule has 0 bridgehead atoms. The number of benzene rings is 2. The van der Waals surface area contributed by atoms with Crippen molar-refractivity contribution in [3.8, 4) is 0 Å². The van der Waals surface area contributed by atoms with Crippen molar-refractivity contribution in [3.63, 3.8) is 0 Å². The highest BCUT2D eigenvalue weighted by Crippen LogP contribution is 2.32. The number of rotatable bonds is 2. The number of alkyl halides is 3. The van der Waals surface area contributed by atoms with Crippen molar-refractivity contribution in [2.75, 3.05) is 0 Å². The van der Waals surface area contributed by atoms with Crippen molar-refractivity contribution in [2.24, 2.45) is 5.73 Å². The molecule has 2 aromatic carbocycles. The summed E-state index contributed by atoms with van der Waals surface area (Å²) >= 11 is 0. The molecular weight excluding hydrogens is 277 g/mol. The van der Waals surface area contributed by atoms with Gasteiger partial charge in [-0.25, -0.2) is 8.78 Å². The molecule has 2 N–H and O–H groups in total. The Hall–Kier alpha value is -1.95. The lowest BCUT2D eigenvalue weighted by Crippen LogP contribution is -2.14. The summed E-state index contributed by atoms with van der Waals surface area (Å²) in [6.07, 6.45) is -4.65. The monoisotopic (exact) mass is 287 g/mol. The maximum Gasteiger partial charge on any atom is 0.416 e. The summed E-state index contributed by atoms with van der Waals surface area (Å²) in [5.74, 6) is -1.51. The van der Waals surface area contributed by atoms with Gasteiger partial charge in [-0.3, -0.25) is 0 Å². The zero-order chi connectivity index (χ0) is 14.9. The zero-order valence-electron chi connectivity index (χ0n) is 10.1. The highest BCUT2D eigenvalue weighted by Gasteiger charge is 2.31. The van der Waals surface area contributed by atoms with Crippen LogP contribution in [0.25, 0.3) is 0 Å². The van der Waals surface area contributed by atoms with Crippen LogP contribution in [0, 0.1) is 11.6 Å². The number of nitrogens with two attached hydrogens (primary N) is 1. The average Bonchev–Trinajstić information content (AvgIpc) is 2.37. The number of halogens is 5. The maximum atomic E-state index is 13.3. The molecule has 1 atom stereocenters. The second-order valence-corrected chi connectivity index (χ2v) is 4.30. The molecule has 0 saturated carbocycles. The van der Waals surface area contributed by atoms with Crippen molar-refractivity contribution in [2.45, 2.75) is 12.2 Å². The van der Waals surface area contributed by atoms with E-state index in [2.05, 4.69) is 0 Å². The van der Waals surface area contributed by atoms with Gasteiger partial charge in [0.25, 0.3) is 0 Å². The fourth-order valence-corrected chi connectivity index (χ4v) is 1.82. The Kier molecular flexibility index (Phi) is 3.76. The van der Waals surface area contributed by atoms with Gasteiger partial charge in [-0.05, 0) is 41.5 Å². The van der Waals surface area contributed by atoms with Gasteiger partial charge in [0.1, 0.15) is 11.6 Å². The van der Waals surface area contributed by atoms with Crippen LogP contribution >= 0.6 is 0 Å². The summed E-state index contributed by atoms with van der Waals surface area (Å²) in [5.41, 5.74) is 5.05. The fourth-order valence-electron chi connectivity index (χ4n) is 1.82. The molecule has 106 valence electrons. The Morgan fingerprint density at radius 3 is 1.95 bits per heavy atom. The molecule has 0 spiro atoms. The van der Waals surface area contributed by atoms with E-state index in [0.29, 0.717) is 11.6 Å². The Labute approximate surface area is 111 Å². The first-order valence-corrected chi connectivity index (χ1v) is 5.66. The predicted octanol–water partition coefficient (Wildman–Crippen LogP) is 4.03. The Balaban J connectivity index is 2.42. The molecule has 1 unspecified atom stereocenters. The maximum absolute atomic E-state index is 13.3. The quantitative estimate of drug-likeness (QED) is 0.829. The van der Waals surface area contributed by atoms with E-state index in [-0.39, 0.29) is 5.56 Å². The first-order chi connectivity index (χ1) is 9.27. The van der Waals surface area contributed by atoms with E-state index in [9.17, 15) is 22.0 Å². The minimum Gasteiger partial charge on any atom is -0.320 e. The van der Waals surface area contributed by atoms with Crippen LogP contribution in [-0.2, 0) is 6.18 Å². The SMILES string of the molecule is NC(c1ccc(F)cc1)c1cc(F)cc(C(F)(F)F)c1. The molecular formula is C14H10F5N. The molecule has 0 aromatic heterocycles. The van der Waals surface area contributed by atoms with E-state index < -0.39 is 29.4 Å². The lowest BCUT2D eigenvalue weighted by molar-refractivity contribution is -0.137. The van der Waals surface area contributed by atoms with Crippen molar-refractivity contribution >= 4 is 0 Å². The number of hydrogen-bond donors (Lipinski definition) is 1. The molecule has 0 heterocycles. The smallest absolute Gasteiger partial charge is 0.320 e. The third-order valence-corrected chi connectivity index (χ3v) is 2.84. The van der Waals surface area contributed by atoms with E-state index in [1.807, 2.05) is 0 Å². The average molecular weight is 287 g/mol. The van der Waals surface area contributed by atoms with Crippen LogP contribution in [0.4, 0.5) is 22.0 Å². The van der Waals surface area contributed by atoms with Crippen molar-refractivity contribution in [1.82, 2.24) is 0 Å². The second kappa shape index (κ2) is 5.20. The van der Waals surface area contributed by atoms with Gasteiger partial charge in [0, 0.05) is 0 Å². The lowest BCUT2D eigenvalue weighted by atomic mass is 9.97. The Morgan fingerprint density at radius 2 is 1.40 bits per heavy atom. The molecule has 0 aliphatic heterocycles. The summed E-state index contributed by atoms with van der Waals surface area (Å²) in [4.78, 5) is 0. The molecule has 2 aromatic rings. The molecule has 0 amide bonds. The van der Waals surface area contributed by atoms with Crippen LogP contribution in [0.3, 0.4) is 0 Å². The normalized spacial score (nSPS) is 13.3. The first-order valence-electron chi connectivity index (χ1n) is 5.66. The third-order valence-electron chi connectivity index (χ3n) is 2.84. The molecule has 0 aliphatic rings. The van der Waals surface area contributed by atoms with Gasteiger partial charge in [0.2, 0.25) is 0 Å². The minimum absolute atomic E-state index is 0.0241. The van der Waals surface area contributed by atoms with Gasteiger partial charge < -0.3 is 5.73 Å². The highest BCUT2D eigenvalue weighted by molar-refractivity contribution is 5.35. The standard InChI is InChI=1S/C14H10F5N/c15-11-3-1-8(2-4-11)13(20)9-5-10(14(17,18)19)7-12(16)6-9/h1-7,13H,20H2. The minimum atomic E-state index is -4.65. The molecule has 0 radical (unpaired) electrons. The van der Waals surface area contributed by atoms with Crippen LogP contribution in [0.5, 0.6) is 0 Å². The van der Waals surface area contributed by atoms with Crippen LogP contribution in [0.15, 0.2) is 42.5 Å². The summed E-state index contributed by atoms with van der Waals surface area (Å²) in [6.45, 7) is 0. The van der Waals surface area contributed by atoms with Crippen LogP contribution in [0.1, 0.15) is 22.7 Å². The highest BCUT2D eigenvalue weighted by atomic mass is 19.4. The fraction of sp³-hybridized carbons (Fsp3) is 0.143. The summed E-state index contributed by atoms with van der Waals surface area (Å²) in [6, 6.07) is 6.13. The topological polar surface area (TPSA) is 26.0 Å². The van der Waals surface area contributed by atoms with Gasteiger partial charge in [-0.1, -0.05) is 12.1 Å². The molecule has 0 fully saturated rings. The largest absolute Gasteiger partial charge is 0.416 e. The van der Waals surface area contributed by atoms with Gasteiger partial charge in [-0.2, -0.15) is 13.2 Å². The van der Waals surface area contributed by atoms with E-state index >= 15 is 0 Å². The number of hydrogen-bond acceptors (Lipinski definition) is 1. The summed E-state index contributed by atoms with van der Waals surface area (Å²) < 4.78 is 63.9. The van der Waals surface area contributed by atoms with E-state index in [1.54, 1.807) is 0 Å². The van der Waals surface area contributed by atoms with Crippen LogP contribution in [-0.4, -0.2) is 0 Å². The second-order valence-electron chi connectivity index (χ2n) is 4.30. The molecule has 0 aliphatic carbocycles.